The van der Waals surface area contributed by atoms with Gasteiger partial charge >= 0.3 is 0 Å². The van der Waals surface area contributed by atoms with Crippen molar-refractivity contribution < 1.29 is 14.3 Å². The van der Waals surface area contributed by atoms with Crippen LogP contribution in [0.3, 0.4) is 0 Å². The molecule has 0 saturated carbocycles. The first kappa shape index (κ1) is 20.2. The molecule has 0 saturated heterocycles. The summed E-state index contributed by atoms with van der Waals surface area (Å²) in [7, 11) is 3.09. The number of anilines is 1. The molecule has 1 aromatic heterocycles. The zero-order chi connectivity index (χ0) is 19.9. The van der Waals surface area contributed by atoms with Gasteiger partial charge in [0.15, 0.2) is 11.5 Å². The van der Waals surface area contributed by atoms with Gasteiger partial charge in [-0.2, -0.15) is 0 Å². The number of aromatic nitrogens is 2. The maximum Gasteiger partial charge on any atom is 0.257 e. The van der Waals surface area contributed by atoms with E-state index in [-0.39, 0.29) is 5.91 Å². The molecule has 2 aromatic carbocycles. The highest BCUT2D eigenvalue weighted by Gasteiger charge is 2.13. The molecule has 1 heterocycles. The Labute approximate surface area is 172 Å². The Morgan fingerprint density at radius 2 is 1.82 bits per heavy atom. The lowest BCUT2D eigenvalue weighted by atomic mass is 10.2. The summed E-state index contributed by atoms with van der Waals surface area (Å²) in [5.74, 6) is 1.71. The third-order valence-corrected chi connectivity index (χ3v) is 5.85. The Balaban J connectivity index is 1.55. The molecule has 0 fully saturated rings. The number of ether oxygens (including phenoxy) is 2. The normalized spacial score (nSPS) is 10.5. The minimum absolute atomic E-state index is 0.266. The minimum atomic E-state index is -0.266. The SMILES string of the molecule is COc1ccc(C(=O)Nc2nnc(CCSc3ccc(C)cc3)s2)cc1OC. The van der Waals surface area contributed by atoms with Crippen molar-refractivity contribution in [1.82, 2.24) is 10.2 Å². The molecule has 0 bridgehead atoms. The van der Waals surface area contributed by atoms with Crippen LogP contribution in [0.1, 0.15) is 20.9 Å². The Morgan fingerprint density at radius 3 is 2.54 bits per heavy atom. The number of nitrogens with one attached hydrogen (secondary N) is 1. The van der Waals surface area contributed by atoms with Crippen LogP contribution in [0.25, 0.3) is 0 Å². The van der Waals surface area contributed by atoms with Gasteiger partial charge in [0.25, 0.3) is 5.91 Å². The summed E-state index contributed by atoms with van der Waals surface area (Å²) in [6, 6.07) is 13.5. The molecule has 8 heteroatoms. The number of hydrogen-bond acceptors (Lipinski definition) is 7. The van der Waals surface area contributed by atoms with E-state index in [9.17, 15) is 4.79 Å². The lowest BCUT2D eigenvalue weighted by Crippen LogP contribution is -2.11. The third kappa shape index (κ3) is 5.24. The van der Waals surface area contributed by atoms with Crippen LogP contribution in [0.4, 0.5) is 5.13 Å². The number of carbonyl (C=O) groups excluding carboxylic acids is 1. The molecule has 3 rings (SSSR count). The molecular weight excluding hydrogens is 394 g/mol. The lowest BCUT2D eigenvalue weighted by Gasteiger charge is -2.08. The molecule has 28 heavy (non-hydrogen) atoms. The molecule has 6 nitrogen and oxygen atoms in total. The third-order valence-electron chi connectivity index (χ3n) is 3.94. The van der Waals surface area contributed by atoms with Gasteiger partial charge in [0.1, 0.15) is 5.01 Å². The van der Waals surface area contributed by atoms with E-state index < -0.39 is 0 Å². The van der Waals surface area contributed by atoms with Gasteiger partial charge in [-0.1, -0.05) is 29.0 Å². The number of methoxy groups -OCH3 is 2. The van der Waals surface area contributed by atoms with Crippen molar-refractivity contribution in [3.63, 3.8) is 0 Å². The molecule has 3 aromatic rings. The van der Waals surface area contributed by atoms with Gasteiger partial charge in [-0.25, -0.2) is 0 Å². The zero-order valence-electron chi connectivity index (χ0n) is 15.9. The number of rotatable bonds is 8. The number of hydrogen-bond donors (Lipinski definition) is 1. The second-order valence-corrected chi connectivity index (χ2v) is 8.17. The number of aryl methyl sites for hydroxylation is 2. The molecule has 0 radical (unpaired) electrons. The smallest absolute Gasteiger partial charge is 0.257 e. The summed E-state index contributed by atoms with van der Waals surface area (Å²) in [5, 5.41) is 12.4. The second-order valence-electron chi connectivity index (χ2n) is 5.94. The fourth-order valence-electron chi connectivity index (χ4n) is 2.44. The van der Waals surface area contributed by atoms with Crippen LogP contribution < -0.4 is 14.8 Å². The number of amides is 1. The maximum absolute atomic E-state index is 12.4. The average Bonchev–Trinajstić information content (AvgIpc) is 3.16. The quantitative estimate of drug-likeness (QED) is 0.548. The van der Waals surface area contributed by atoms with Crippen molar-refractivity contribution >= 4 is 34.1 Å². The standard InChI is InChI=1S/C20H21N3O3S2/c1-13-4-7-15(8-5-13)27-11-10-18-22-23-20(28-18)21-19(24)14-6-9-16(25-2)17(12-14)26-3/h4-9,12H,10-11H2,1-3H3,(H,21,23,24). The Hall–Kier alpha value is -2.58. The van der Waals surface area contributed by atoms with E-state index in [0.29, 0.717) is 22.2 Å². The van der Waals surface area contributed by atoms with Gasteiger partial charge in [-0.3, -0.25) is 10.1 Å². The summed E-state index contributed by atoms with van der Waals surface area (Å²) < 4.78 is 10.4. The Kier molecular flexibility index (Phi) is 6.89. The van der Waals surface area contributed by atoms with Crippen LogP contribution in [0.5, 0.6) is 11.5 Å². The highest BCUT2D eigenvalue weighted by Crippen LogP contribution is 2.28. The van der Waals surface area contributed by atoms with Crippen LogP contribution in [-0.4, -0.2) is 36.1 Å². The molecule has 1 N–H and O–H groups in total. The largest absolute Gasteiger partial charge is 0.493 e. The van der Waals surface area contributed by atoms with Crippen LogP contribution in [0, 0.1) is 6.92 Å². The molecule has 1 amide bonds. The molecular formula is C20H21N3O3S2. The van der Waals surface area contributed by atoms with Gasteiger partial charge in [0.2, 0.25) is 5.13 Å². The summed E-state index contributed by atoms with van der Waals surface area (Å²) in [6.45, 7) is 2.08. The van der Waals surface area contributed by atoms with Crippen LogP contribution >= 0.6 is 23.1 Å². The number of benzene rings is 2. The fraction of sp³-hybridized carbons (Fsp3) is 0.250. The van der Waals surface area contributed by atoms with Crippen molar-refractivity contribution in [2.75, 3.05) is 25.3 Å². The molecule has 0 aliphatic carbocycles. The molecule has 0 spiro atoms. The van der Waals surface area contributed by atoms with Crippen molar-refractivity contribution in [1.29, 1.82) is 0 Å². The zero-order valence-corrected chi connectivity index (χ0v) is 17.5. The summed E-state index contributed by atoms with van der Waals surface area (Å²) in [6.07, 6.45) is 0.794. The van der Waals surface area contributed by atoms with E-state index >= 15 is 0 Å². The van der Waals surface area contributed by atoms with E-state index in [2.05, 4.69) is 46.7 Å². The lowest BCUT2D eigenvalue weighted by molar-refractivity contribution is 0.102. The van der Waals surface area contributed by atoms with Crippen molar-refractivity contribution in [2.45, 2.75) is 18.2 Å². The average molecular weight is 416 g/mol. The van der Waals surface area contributed by atoms with Gasteiger partial charge in [0.05, 0.1) is 14.2 Å². The molecule has 146 valence electrons. The van der Waals surface area contributed by atoms with E-state index in [1.54, 1.807) is 37.1 Å². The summed E-state index contributed by atoms with van der Waals surface area (Å²) >= 11 is 3.16. The number of carbonyl (C=O) groups is 1. The van der Waals surface area contributed by atoms with Gasteiger partial charge in [-0.15, -0.1) is 22.0 Å². The highest BCUT2D eigenvalue weighted by atomic mass is 32.2. The summed E-state index contributed by atoms with van der Waals surface area (Å²) in [4.78, 5) is 13.7. The summed E-state index contributed by atoms with van der Waals surface area (Å²) in [5.41, 5.74) is 1.72. The first-order valence-corrected chi connectivity index (χ1v) is 10.4. The van der Waals surface area contributed by atoms with E-state index in [1.807, 2.05) is 0 Å². The van der Waals surface area contributed by atoms with Gasteiger partial charge in [-0.05, 0) is 37.3 Å². The first-order valence-electron chi connectivity index (χ1n) is 8.64. The van der Waals surface area contributed by atoms with Crippen molar-refractivity contribution in [2.24, 2.45) is 0 Å². The Morgan fingerprint density at radius 1 is 1.07 bits per heavy atom. The van der Waals surface area contributed by atoms with E-state index in [1.165, 1.54) is 28.9 Å². The molecule has 0 aliphatic rings. The van der Waals surface area contributed by atoms with Crippen LogP contribution in [0.2, 0.25) is 0 Å². The minimum Gasteiger partial charge on any atom is -0.493 e. The number of nitrogens with zero attached hydrogens (tertiary/aromatic N) is 2. The number of thioether (sulfide) groups is 1. The first-order chi connectivity index (χ1) is 13.6. The van der Waals surface area contributed by atoms with Gasteiger partial charge in [0, 0.05) is 22.6 Å². The fourth-order valence-corrected chi connectivity index (χ4v) is 4.17. The topological polar surface area (TPSA) is 73.3 Å². The predicted molar refractivity (Wildman–Crippen MR) is 113 cm³/mol. The van der Waals surface area contributed by atoms with Crippen LogP contribution in [0.15, 0.2) is 47.4 Å². The van der Waals surface area contributed by atoms with E-state index in [4.69, 9.17) is 9.47 Å². The molecule has 0 atom stereocenters. The van der Waals surface area contributed by atoms with Crippen molar-refractivity contribution in [3.05, 3.63) is 58.6 Å². The van der Waals surface area contributed by atoms with Crippen molar-refractivity contribution in [3.8, 4) is 11.5 Å². The maximum atomic E-state index is 12.4. The molecule has 0 aliphatic heterocycles. The highest BCUT2D eigenvalue weighted by molar-refractivity contribution is 7.99. The predicted octanol–water partition coefficient (Wildman–Crippen LogP) is 4.45. The van der Waals surface area contributed by atoms with E-state index in [0.717, 1.165) is 17.2 Å². The van der Waals surface area contributed by atoms with Gasteiger partial charge < -0.3 is 9.47 Å². The van der Waals surface area contributed by atoms with Crippen LogP contribution in [-0.2, 0) is 6.42 Å². The molecule has 0 unspecified atom stereocenters. The monoisotopic (exact) mass is 415 g/mol. The second kappa shape index (κ2) is 9.57. The Bertz CT molecular complexity index is 942.